The van der Waals surface area contributed by atoms with Gasteiger partial charge in [-0.05, 0) is 25.7 Å². The van der Waals surface area contributed by atoms with Crippen molar-refractivity contribution in [1.82, 2.24) is 14.7 Å². The van der Waals surface area contributed by atoms with Crippen molar-refractivity contribution in [2.45, 2.75) is 38.3 Å². The average Bonchev–Trinajstić information content (AvgIpc) is 2.83. The van der Waals surface area contributed by atoms with E-state index in [1.165, 1.54) is 50.3 Å². The van der Waals surface area contributed by atoms with Crippen LogP contribution in [0.2, 0.25) is 0 Å². The molecular formula is C13H18N4S. The van der Waals surface area contributed by atoms with E-state index in [4.69, 9.17) is 4.98 Å². The highest BCUT2D eigenvalue weighted by atomic mass is 32.1. The Kier molecular flexibility index (Phi) is 2.55. The number of imidazole rings is 1. The lowest BCUT2D eigenvalue weighted by atomic mass is 10.3. The van der Waals surface area contributed by atoms with Gasteiger partial charge in [0.25, 0.3) is 0 Å². The number of rotatable bonds is 4. The standard InChI is InChI=1S/C13H18N4S/c1-2-6-16(5-1)12-11(9-14-10-3-4-10)17-7-8-18-13(17)15-12/h7-8,10,14H,1-6,9H2. The molecule has 2 fully saturated rings. The fraction of sp³-hybridized carbons (Fsp3) is 0.615. The number of fused-ring (bicyclic) bond motifs is 1. The van der Waals surface area contributed by atoms with Gasteiger partial charge < -0.3 is 10.2 Å². The van der Waals surface area contributed by atoms with E-state index in [1.54, 1.807) is 11.3 Å². The van der Waals surface area contributed by atoms with Crippen molar-refractivity contribution < 1.29 is 0 Å². The van der Waals surface area contributed by atoms with Crippen LogP contribution in [0.4, 0.5) is 5.82 Å². The molecule has 0 unspecified atom stereocenters. The number of hydrogen-bond acceptors (Lipinski definition) is 4. The SMILES string of the molecule is c1cn2c(CNC3CC3)c(N3CCCC3)nc2s1. The minimum atomic E-state index is 0.751. The first-order valence-electron chi connectivity index (χ1n) is 6.84. The summed E-state index contributed by atoms with van der Waals surface area (Å²) >= 11 is 1.73. The Balaban J connectivity index is 1.69. The van der Waals surface area contributed by atoms with Gasteiger partial charge in [0.05, 0.1) is 5.69 Å². The molecule has 1 aliphatic heterocycles. The molecule has 1 saturated heterocycles. The maximum absolute atomic E-state index is 4.82. The fourth-order valence-corrected chi connectivity index (χ4v) is 3.42. The molecule has 96 valence electrons. The van der Waals surface area contributed by atoms with E-state index in [0.29, 0.717) is 0 Å². The smallest absolute Gasteiger partial charge is 0.195 e. The number of anilines is 1. The summed E-state index contributed by atoms with van der Waals surface area (Å²) in [6, 6.07) is 0.751. The molecule has 2 aliphatic rings. The van der Waals surface area contributed by atoms with Gasteiger partial charge >= 0.3 is 0 Å². The first-order chi connectivity index (χ1) is 8.92. The maximum atomic E-state index is 4.82. The van der Waals surface area contributed by atoms with E-state index in [2.05, 4.69) is 26.2 Å². The van der Waals surface area contributed by atoms with Crippen LogP contribution in [-0.2, 0) is 6.54 Å². The molecule has 1 N–H and O–H groups in total. The van der Waals surface area contributed by atoms with Gasteiger partial charge in [0, 0.05) is 37.3 Å². The van der Waals surface area contributed by atoms with E-state index < -0.39 is 0 Å². The van der Waals surface area contributed by atoms with E-state index in [9.17, 15) is 0 Å². The highest BCUT2D eigenvalue weighted by Gasteiger charge is 2.24. The Morgan fingerprint density at radius 2 is 2.17 bits per heavy atom. The summed E-state index contributed by atoms with van der Waals surface area (Å²) in [6.07, 6.45) is 7.44. The molecule has 1 aliphatic carbocycles. The molecule has 18 heavy (non-hydrogen) atoms. The summed E-state index contributed by atoms with van der Waals surface area (Å²) in [5, 5.41) is 5.74. The summed E-state index contributed by atoms with van der Waals surface area (Å²) in [7, 11) is 0. The fourth-order valence-electron chi connectivity index (χ4n) is 2.70. The van der Waals surface area contributed by atoms with Gasteiger partial charge in [-0.3, -0.25) is 4.40 Å². The van der Waals surface area contributed by atoms with Crippen LogP contribution in [0, 0.1) is 0 Å². The van der Waals surface area contributed by atoms with Crippen LogP contribution in [0.3, 0.4) is 0 Å². The van der Waals surface area contributed by atoms with Crippen LogP contribution in [0.15, 0.2) is 11.6 Å². The van der Waals surface area contributed by atoms with Gasteiger partial charge in [-0.1, -0.05) is 0 Å². The molecule has 0 bridgehead atoms. The van der Waals surface area contributed by atoms with Gasteiger partial charge in [0.1, 0.15) is 0 Å². The molecule has 0 radical (unpaired) electrons. The molecule has 5 heteroatoms. The van der Waals surface area contributed by atoms with Crippen molar-refractivity contribution in [2.75, 3.05) is 18.0 Å². The predicted molar refractivity (Wildman–Crippen MR) is 74.4 cm³/mol. The third-order valence-electron chi connectivity index (χ3n) is 3.88. The van der Waals surface area contributed by atoms with Crippen molar-refractivity contribution in [3.8, 4) is 0 Å². The highest BCUT2D eigenvalue weighted by molar-refractivity contribution is 7.15. The third-order valence-corrected chi connectivity index (χ3v) is 4.64. The van der Waals surface area contributed by atoms with Crippen LogP contribution >= 0.6 is 11.3 Å². The number of nitrogens with one attached hydrogen (secondary N) is 1. The van der Waals surface area contributed by atoms with Gasteiger partial charge in [-0.15, -0.1) is 11.3 Å². The first-order valence-corrected chi connectivity index (χ1v) is 7.72. The molecule has 0 aromatic carbocycles. The Morgan fingerprint density at radius 3 is 2.94 bits per heavy atom. The Hall–Kier alpha value is -1.07. The molecular weight excluding hydrogens is 244 g/mol. The summed E-state index contributed by atoms with van der Waals surface area (Å²) in [4.78, 5) is 8.40. The predicted octanol–water partition coefficient (Wildman–Crippen LogP) is 2.25. The Bertz CT molecular complexity index is 548. The van der Waals surface area contributed by atoms with Gasteiger partial charge in [-0.2, -0.15) is 0 Å². The van der Waals surface area contributed by atoms with Crippen molar-refractivity contribution in [3.05, 3.63) is 17.3 Å². The zero-order valence-corrected chi connectivity index (χ0v) is 11.2. The first kappa shape index (κ1) is 10.8. The van der Waals surface area contributed by atoms with E-state index in [0.717, 1.165) is 17.5 Å². The second-order valence-corrected chi connectivity index (χ2v) is 6.16. The van der Waals surface area contributed by atoms with Crippen molar-refractivity contribution in [1.29, 1.82) is 0 Å². The normalized spacial score (nSPS) is 20.1. The summed E-state index contributed by atoms with van der Waals surface area (Å²) in [6.45, 7) is 3.29. The minimum absolute atomic E-state index is 0.751. The number of aromatic nitrogens is 2. The monoisotopic (exact) mass is 262 g/mol. The highest BCUT2D eigenvalue weighted by Crippen LogP contribution is 2.28. The minimum Gasteiger partial charge on any atom is -0.355 e. The third kappa shape index (κ3) is 1.82. The van der Waals surface area contributed by atoms with E-state index in [-0.39, 0.29) is 0 Å². The van der Waals surface area contributed by atoms with Gasteiger partial charge in [0.2, 0.25) is 0 Å². The Morgan fingerprint density at radius 1 is 1.33 bits per heavy atom. The zero-order chi connectivity index (χ0) is 11.9. The topological polar surface area (TPSA) is 32.6 Å². The van der Waals surface area contributed by atoms with Crippen molar-refractivity contribution in [3.63, 3.8) is 0 Å². The van der Waals surface area contributed by atoms with Crippen LogP contribution in [-0.4, -0.2) is 28.5 Å². The second kappa shape index (κ2) is 4.24. The molecule has 0 amide bonds. The summed E-state index contributed by atoms with van der Waals surface area (Å²) in [5.74, 6) is 1.22. The van der Waals surface area contributed by atoms with Crippen LogP contribution in [0.25, 0.3) is 4.96 Å². The molecule has 1 saturated carbocycles. The van der Waals surface area contributed by atoms with E-state index in [1.807, 2.05) is 0 Å². The summed E-state index contributed by atoms with van der Waals surface area (Å²) < 4.78 is 2.26. The average molecular weight is 262 g/mol. The maximum Gasteiger partial charge on any atom is 0.195 e. The molecule has 0 atom stereocenters. The quantitative estimate of drug-likeness (QED) is 0.917. The number of hydrogen-bond donors (Lipinski definition) is 1. The van der Waals surface area contributed by atoms with Gasteiger partial charge in [-0.25, -0.2) is 4.98 Å². The van der Waals surface area contributed by atoms with Crippen molar-refractivity contribution in [2.24, 2.45) is 0 Å². The molecule has 4 rings (SSSR count). The molecule has 0 spiro atoms. The van der Waals surface area contributed by atoms with Crippen LogP contribution in [0.5, 0.6) is 0 Å². The lowest BCUT2D eigenvalue weighted by Gasteiger charge is -2.16. The molecule has 2 aromatic heterocycles. The lowest BCUT2D eigenvalue weighted by Crippen LogP contribution is -2.23. The summed E-state index contributed by atoms with van der Waals surface area (Å²) in [5.41, 5.74) is 1.35. The molecule has 4 nitrogen and oxygen atoms in total. The largest absolute Gasteiger partial charge is 0.355 e. The molecule has 2 aromatic rings. The second-order valence-electron chi connectivity index (χ2n) is 5.29. The van der Waals surface area contributed by atoms with E-state index >= 15 is 0 Å². The Labute approximate surface area is 111 Å². The van der Waals surface area contributed by atoms with Crippen LogP contribution < -0.4 is 10.2 Å². The zero-order valence-electron chi connectivity index (χ0n) is 10.4. The van der Waals surface area contributed by atoms with Crippen LogP contribution in [0.1, 0.15) is 31.4 Å². The number of nitrogens with zero attached hydrogens (tertiary/aromatic N) is 3. The van der Waals surface area contributed by atoms with Gasteiger partial charge in [0.15, 0.2) is 10.8 Å². The number of thiazole rings is 1. The van der Waals surface area contributed by atoms with Crippen molar-refractivity contribution >= 4 is 22.1 Å². The lowest BCUT2D eigenvalue weighted by molar-refractivity contribution is 0.669. The molecule has 3 heterocycles.